The van der Waals surface area contributed by atoms with Gasteiger partial charge in [-0.3, -0.25) is 9.48 Å². The summed E-state index contributed by atoms with van der Waals surface area (Å²) in [6, 6.07) is 5.94. The Balaban J connectivity index is 1.71. The number of nitrogens with zero attached hydrogens (tertiary/aromatic N) is 3. The SMILES string of the molecule is Cc1nn(CCC(=O)Nc2ccccc2F)c(C)c1S(=O)(=O)N1CCCCC1. The van der Waals surface area contributed by atoms with Gasteiger partial charge in [0.2, 0.25) is 15.9 Å². The Bertz CT molecular complexity index is 966. The molecule has 1 N–H and O–H groups in total. The summed E-state index contributed by atoms with van der Waals surface area (Å²) in [6.45, 7) is 4.63. The van der Waals surface area contributed by atoms with E-state index in [9.17, 15) is 17.6 Å². The van der Waals surface area contributed by atoms with E-state index in [-0.39, 0.29) is 29.5 Å². The monoisotopic (exact) mass is 408 g/mol. The lowest BCUT2D eigenvalue weighted by molar-refractivity contribution is -0.116. The minimum atomic E-state index is -3.60. The number of nitrogens with one attached hydrogen (secondary N) is 1. The summed E-state index contributed by atoms with van der Waals surface area (Å²) >= 11 is 0. The van der Waals surface area contributed by atoms with Gasteiger partial charge in [0.15, 0.2) is 0 Å². The van der Waals surface area contributed by atoms with Gasteiger partial charge < -0.3 is 5.32 Å². The molecule has 0 saturated carbocycles. The number of piperidine rings is 1. The number of sulfonamides is 1. The van der Waals surface area contributed by atoms with Gasteiger partial charge in [-0.2, -0.15) is 9.40 Å². The largest absolute Gasteiger partial charge is 0.324 e. The molecule has 1 amide bonds. The Morgan fingerprint density at radius 2 is 1.86 bits per heavy atom. The lowest BCUT2D eigenvalue weighted by Gasteiger charge is -2.26. The van der Waals surface area contributed by atoms with Crippen molar-refractivity contribution in [3.05, 3.63) is 41.5 Å². The third-order valence-corrected chi connectivity index (χ3v) is 7.08. The first-order valence-electron chi connectivity index (χ1n) is 9.39. The quantitative estimate of drug-likeness (QED) is 0.797. The third-order valence-electron chi connectivity index (χ3n) is 4.93. The number of para-hydroxylation sites is 1. The number of aryl methyl sites for hydroxylation is 2. The molecule has 3 rings (SSSR count). The van der Waals surface area contributed by atoms with E-state index in [1.54, 1.807) is 26.0 Å². The maximum atomic E-state index is 13.6. The lowest BCUT2D eigenvalue weighted by atomic mass is 10.2. The molecule has 7 nitrogen and oxygen atoms in total. The standard InChI is InChI=1S/C19H25FN4O3S/c1-14-19(28(26,27)23-11-6-3-7-12-23)15(2)24(22-14)13-10-18(25)21-17-9-5-4-8-16(17)20/h4-5,8-9H,3,6-7,10-13H2,1-2H3,(H,21,25). The number of carbonyl (C=O) groups excluding carboxylic acids is 1. The highest BCUT2D eigenvalue weighted by atomic mass is 32.2. The zero-order valence-electron chi connectivity index (χ0n) is 16.1. The van der Waals surface area contributed by atoms with Crippen LogP contribution in [0.5, 0.6) is 0 Å². The molecule has 1 saturated heterocycles. The molecule has 1 aromatic carbocycles. The van der Waals surface area contributed by atoms with Crippen molar-refractivity contribution >= 4 is 21.6 Å². The van der Waals surface area contributed by atoms with Gasteiger partial charge >= 0.3 is 0 Å². The number of rotatable bonds is 6. The predicted octanol–water partition coefficient (Wildman–Crippen LogP) is 2.84. The summed E-state index contributed by atoms with van der Waals surface area (Å²) < 4.78 is 42.7. The van der Waals surface area contributed by atoms with E-state index in [1.807, 2.05) is 0 Å². The van der Waals surface area contributed by atoms with E-state index in [2.05, 4.69) is 10.4 Å². The molecule has 0 radical (unpaired) electrons. The fourth-order valence-corrected chi connectivity index (χ4v) is 5.38. The molecular weight excluding hydrogens is 383 g/mol. The minimum Gasteiger partial charge on any atom is -0.324 e. The zero-order chi connectivity index (χ0) is 20.3. The average Bonchev–Trinajstić information content (AvgIpc) is 2.96. The summed E-state index contributed by atoms with van der Waals surface area (Å²) in [6.07, 6.45) is 2.82. The molecule has 1 aromatic heterocycles. The fourth-order valence-electron chi connectivity index (χ4n) is 3.49. The van der Waals surface area contributed by atoms with Crippen LogP contribution in [0, 0.1) is 19.7 Å². The van der Waals surface area contributed by atoms with Crippen LogP contribution in [-0.2, 0) is 21.4 Å². The van der Waals surface area contributed by atoms with Crippen molar-refractivity contribution in [2.24, 2.45) is 0 Å². The Labute approximate surface area is 164 Å². The summed E-state index contributed by atoms with van der Waals surface area (Å²) in [5.74, 6) is -0.866. The van der Waals surface area contributed by atoms with Crippen LogP contribution in [0.15, 0.2) is 29.2 Å². The smallest absolute Gasteiger partial charge is 0.246 e. The molecule has 0 unspecified atom stereocenters. The molecule has 152 valence electrons. The highest BCUT2D eigenvalue weighted by molar-refractivity contribution is 7.89. The second kappa shape index (κ2) is 8.40. The highest BCUT2D eigenvalue weighted by Crippen LogP contribution is 2.26. The zero-order valence-corrected chi connectivity index (χ0v) is 16.9. The predicted molar refractivity (Wildman–Crippen MR) is 104 cm³/mol. The van der Waals surface area contributed by atoms with Crippen LogP contribution in [0.2, 0.25) is 0 Å². The van der Waals surface area contributed by atoms with Gasteiger partial charge in [-0.25, -0.2) is 12.8 Å². The van der Waals surface area contributed by atoms with Crippen molar-refractivity contribution in [1.29, 1.82) is 0 Å². The van der Waals surface area contributed by atoms with Gasteiger partial charge in [-0.15, -0.1) is 0 Å². The first kappa shape index (κ1) is 20.5. The molecule has 0 atom stereocenters. The molecule has 0 bridgehead atoms. The van der Waals surface area contributed by atoms with Crippen molar-refractivity contribution in [2.75, 3.05) is 18.4 Å². The van der Waals surface area contributed by atoms with E-state index < -0.39 is 15.8 Å². The summed E-state index contributed by atoms with van der Waals surface area (Å²) in [4.78, 5) is 12.4. The van der Waals surface area contributed by atoms with Crippen LogP contribution >= 0.6 is 0 Å². The first-order valence-corrected chi connectivity index (χ1v) is 10.8. The van der Waals surface area contributed by atoms with Crippen LogP contribution in [0.25, 0.3) is 0 Å². The maximum Gasteiger partial charge on any atom is 0.246 e. The van der Waals surface area contributed by atoms with Crippen LogP contribution in [0.3, 0.4) is 0 Å². The molecule has 2 aromatic rings. The number of halogens is 1. The molecule has 1 aliphatic rings. The molecule has 0 aliphatic carbocycles. The number of aromatic nitrogens is 2. The summed E-state index contributed by atoms with van der Waals surface area (Å²) in [7, 11) is -3.60. The Kier molecular flexibility index (Phi) is 6.14. The van der Waals surface area contributed by atoms with Crippen molar-refractivity contribution in [2.45, 2.75) is 51.0 Å². The Morgan fingerprint density at radius 1 is 1.18 bits per heavy atom. The Hall–Kier alpha value is -2.26. The molecule has 1 fully saturated rings. The van der Waals surface area contributed by atoms with Crippen molar-refractivity contribution in [3.63, 3.8) is 0 Å². The number of carbonyl (C=O) groups is 1. The minimum absolute atomic E-state index is 0.0551. The first-order chi connectivity index (χ1) is 13.3. The van der Waals surface area contributed by atoms with Gasteiger partial charge in [0.05, 0.1) is 23.6 Å². The highest BCUT2D eigenvalue weighted by Gasteiger charge is 2.31. The van der Waals surface area contributed by atoms with Crippen LogP contribution in [0.1, 0.15) is 37.1 Å². The van der Waals surface area contributed by atoms with E-state index in [4.69, 9.17) is 0 Å². The maximum absolute atomic E-state index is 13.6. The molecular formula is C19H25FN4O3S. The molecule has 2 heterocycles. The third kappa shape index (κ3) is 4.25. The Morgan fingerprint density at radius 3 is 2.54 bits per heavy atom. The van der Waals surface area contributed by atoms with Gasteiger partial charge in [-0.05, 0) is 38.8 Å². The normalized spacial score (nSPS) is 15.5. The summed E-state index contributed by atoms with van der Waals surface area (Å²) in [5, 5.41) is 6.85. The van der Waals surface area contributed by atoms with Gasteiger partial charge in [0.1, 0.15) is 10.7 Å². The summed E-state index contributed by atoms with van der Waals surface area (Å²) in [5.41, 5.74) is 1.06. The number of amides is 1. The molecule has 9 heteroatoms. The van der Waals surface area contributed by atoms with Crippen molar-refractivity contribution in [3.8, 4) is 0 Å². The number of anilines is 1. The van der Waals surface area contributed by atoms with Gasteiger partial charge in [0.25, 0.3) is 0 Å². The van der Waals surface area contributed by atoms with E-state index in [0.29, 0.717) is 24.5 Å². The number of benzene rings is 1. The van der Waals surface area contributed by atoms with Gasteiger partial charge in [0, 0.05) is 19.5 Å². The molecule has 0 spiro atoms. The van der Waals surface area contributed by atoms with E-state index in [1.165, 1.54) is 21.1 Å². The van der Waals surface area contributed by atoms with Crippen LogP contribution in [-0.4, -0.2) is 41.5 Å². The lowest BCUT2D eigenvalue weighted by Crippen LogP contribution is -2.36. The fraction of sp³-hybridized carbons (Fsp3) is 0.474. The second-order valence-electron chi connectivity index (χ2n) is 6.97. The second-order valence-corrected chi connectivity index (χ2v) is 8.84. The average molecular weight is 408 g/mol. The topological polar surface area (TPSA) is 84.3 Å². The van der Waals surface area contributed by atoms with Crippen molar-refractivity contribution < 1.29 is 17.6 Å². The van der Waals surface area contributed by atoms with Crippen molar-refractivity contribution in [1.82, 2.24) is 14.1 Å². The number of hydrogen-bond acceptors (Lipinski definition) is 4. The van der Waals surface area contributed by atoms with Crippen LogP contribution in [0.4, 0.5) is 10.1 Å². The van der Waals surface area contributed by atoms with Crippen LogP contribution < -0.4 is 5.32 Å². The van der Waals surface area contributed by atoms with Gasteiger partial charge in [-0.1, -0.05) is 18.6 Å². The molecule has 28 heavy (non-hydrogen) atoms. The van der Waals surface area contributed by atoms with E-state index >= 15 is 0 Å². The molecule has 1 aliphatic heterocycles. The number of hydrogen-bond donors (Lipinski definition) is 1. The van der Waals surface area contributed by atoms with E-state index in [0.717, 1.165) is 19.3 Å².